The van der Waals surface area contributed by atoms with Gasteiger partial charge >= 0.3 is 0 Å². The third-order valence-electron chi connectivity index (χ3n) is 3.85. The number of nitrogens with one attached hydrogen (secondary N) is 2. The molecule has 98 valence electrons. The number of fused-ring (bicyclic) bond motifs is 1. The van der Waals surface area contributed by atoms with E-state index < -0.39 is 0 Å². The van der Waals surface area contributed by atoms with Crippen molar-refractivity contribution in [2.45, 2.75) is 32.1 Å². The molecule has 0 aliphatic heterocycles. The Morgan fingerprint density at radius 2 is 2.00 bits per heavy atom. The van der Waals surface area contributed by atoms with Crippen LogP contribution in [0.25, 0.3) is 11.2 Å². The van der Waals surface area contributed by atoms with E-state index in [1.165, 1.54) is 0 Å². The Bertz CT molecular complexity index is 519. The highest BCUT2D eigenvalue weighted by Gasteiger charge is 2.30. The summed E-state index contributed by atoms with van der Waals surface area (Å²) in [4.78, 5) is 12.4. The van der Waals surface area contributed by atoms with Crippen molar-refractivity contribution in [3.8, 4) is 0 Å². The second-order valence-corrected chi connectivity index (χ2v) is 4.59. The van der Waals surface area contributed by atoms with Crippen molar-refractivity contribution in [2.24, 2.45) is 5.73 Å². The van der Waals surface area contributed by atoms with E-state index in [0.29, 0.717) is 6.54 Å². The monoisotopic (exact) mass is 247 g/mol. The number of rotatable bonds is 5. The third kappa shape index (κ3) is 1.95. The molecule has 2 rings (SSSR count). The van der Waals surface area contributed by atoms with Crippen LogP contribution in [0.5, 0.6) is 0 Å². The van der Waals surface area contributed by atoms with Crippen LogP contribution in [0.15, 0.2) is 12.1 Å². The molecular formula is C13H21N5. The molecule has 0 saturated heterocycles. The zero-order valence-corrected chi connectivity index (χ0v) is 11.2. The molecule has 2 aromatic heterocycles. The number of imidazole rings is 1. The first kappa shape index (κ1) is 12.8. The van der Waals surface area contributed by atoms with E-state index in [2.05, 4.69) is 34.1 Å². The fraction of sp³-hybridized carbons (Fsp3) is 0.538. The molecule has 0 fully saturated rings. The van der Waals surface area contributed by atoms with E-state index >= 15 is 0 Å². The van der Waals surface area contributed by atoms with Gasteiger partial charge in [-0.15, -0.1) is 0 Å². The lowest BCUT2D eigenvalue weighted by Gasteiger charge is -2.27. The number of aromatic amines is 1. The van der Waals surface area contributed by atoms with Gasteiger partial charge in [0.25, 0.3) is 0 Å². The summed E-state index contributed by atoms with van der Waals surface area (Å²) < 4.78 is 0. The van der Waals surface area contributed by atoms with Crippen LogP contribution < -0.4 is 11.1 Å². The summed E-state index contributed by atoms with van der Waals surface area (Å²) in [5.74, 6) is 1.78. The van der Waals surface area contributed by atoms with Gasteiger partial charge in [0, 0.05) is 19.0 Å². The van der Waals surface area contributed by atoms with E-state index in [-0.39, 0.29) is 5.41 Å². The highest BCUT2D eigenvalue weighted by atomic mass is 15.1. The predicted molar refractivity (Wildman–Crippen MR) is 74.7 cm³/mol. The number of nitrogens with two attached hydrogens (primary N) is 1. The maximum absolute atomic E-state index is 5.95. The lowest BCUT2D eigenvalue weighted by atomic mass is 9.82. The van der Waals surface area contributed by atoms with Crippen LogP contribution in [0.1, 0.15) is 32.5 Å². The molecule has 0 amide bonds. The number of anilines is 1. The van der Waals surface area contributed by atoms with Crippen LogP contribution in [0.2, 0.25) is 0 Å². The quantitative estimate of drug-likeness (QED) is 0.755. The molecule has 5 heteroatoms. The number of hydrogen-bond donors (Lipinski definition) is 3. The Balaban J connectivity index is 2.52. The third-order valence-corrected chi connectivity index (χ3v) is 3.85. The van der Waals surface area contributed by atoms with Crippen molar-refractivity contribution in [3.63, 3.8) is 0 Å². The second kappa shape index (κ2) is 4.94. The molecule has 18 heavy (non-hydrogen) atoms. The molecule has 0 atom stereocenters. The van der Waals surface area contributed by atoms with Crippen molar-refractivity contribution in [3.05, 3.63) is 18.0 Å². The minimum atomic E-state index is -0.0689. The summed E-state index contributed by atoms with van der Waals surface area (Å²) in [5, 5.41) is 3.02. The Morgan fingerprint density at radius 3 is 2.56 bits per heavy atom. The summed E-state index contributed by atoms with van der Waals surface area (Å²) in [6.07, 6.45) is 1.94. The van der Waals surface area contributed by atoms with E-state index in [1.54, 1.807) is 0 Å². The maximum atomic E-state index is 5.95. The van der Waals surface area contributed by atoms with Gasteiger partial charge in [0.2, 0.25) is 0 Å². The highest BCUT2D eigenvalue weighted by Crippen LogP contribution is 2.29. The average molecular weight is 247 g/mol. The molecule has 0 radical (unpaired) electrons. The first-order chi connectivity index (χ1) is 8.69. The molecular weight excluding hydrogens is 226 g/mol. The molecule has 0 unspecified atom stereocenters. The summed E-state index contributed by atoms with van der Waals surface area (Å²) in [5.41, 5.74) is 7.59. The standard InChI is InChI=1S/C13H21N5/c1-4-13(5-2,8-14)12-16-9-6-7-10(15-3)17-11(9)18-12/h6-7H,4-5,8,14H2,1-3H3,(H2,15,16,17,18). The Morgan fingerprint density at radius 1 is 1.28 bits per heavy atom. The first-order valence-electron chi connectivity index (χ1n) is 6.44. The molecule has 0 bridgehead atoms. The first-order valence-corrected chi connectivity index (χ1v) is 6.44. The van der Waals surface area contributed by atoms with Gasteiger partial charge in [-0.1, -0.05) is 13.8 Å². The van der Waals surface area contributed by atoms with Crippen molar-refractivity contribution in [1.82, 2.24) is 15.0 Å². The van der Waals surface area contributed by atoms with Crippen LogP contribution >= 0.6 is 0 Å². The number of pyridine rings is 1. The molecule has 0 saturated carbocycles. The smallest absolute Gasteiger partial charge is 0.179 e. The van der Waals surface area contributed by atoms with Crippen molar-refractivity contribution in [2.75, 3.05) is 18.9 Å². The van der Waals surface area contributed by atoms with Crippen LogP contribution in [0, 0.1) is 0 Å². The molecule has 5 nitrogen and oxygen atoms in total. The van der Waals surface area contributed by atoms with Gasteiger partial charge in [0.1, 0.15) is 11.6 Å². The summed E-state index contributed by atoms with van der Waals surface area (Å²) in [6.45, 7) is 4.89. The fourth-order valence-corrected chi connectivity index (χ4v) is 2.25. The van der Waals surface area contributed by atoms with Crippen molar-refractivity contribution < 1.29 is 0 Å². The molecule has 2 heterocycles. The number of nitrogens with zero attached hydrogens (tertiary/aromatic N) is 2. The van der Waals surface area contributed by atoms with Gasteiger partial charge in [-0.2, -0.15) is 0 Å². The van der Waals surface area contributed by atoms with Crippen LogP contribution in [-0.4, -0.2) is 28.5 Å². The zero-order valence-electron chi connectivity index (χ0n) is 11.2. The van der Waals surface area contributed by atoms with Crippen LogP contribution in [-0.2, 0) is 5.41 Å². The number of aromatic nitrogens is 3. The minimum Gasteiger partial charge on any atom is -0.373 e. The Hall–Kier alpha value is -1.62. The van der Waals surface area contributed by atoms with E-state index in [4.69, 9.17) is 5.73 Å². The zero-order chi connectivity index (χ0) is 13.2. The Labute approximate surface area is 107 Å². The lowest BCUT2D eigenvalue weighted by Crippen LogP contribution is -2.35. The topological polar surface area (TPSA) is 79.6 Å². The SMILES string of the molecule is CCC(CC)(CN)c1nc2nc(NC)ccc2[nH]1. The molecule has 0 spiro atoms. The lowest BCUT2D eigenvalue weighted by molar-refractivity contribution is 0.387. The molecule has 0 aliphatic carbocycles. The number of H-pyrrole nitrogens is 1. The van der Waals surface area contributed by atoms with Crippen LogP contribution in [0.3, 0.4) is 0 Å². The van der Waals surface area contributed by atoms with Gasteiger partial charge in [0.15, 0.2) is 5.65 Å². The summed E-state index contributed by atoms with van der Waals surface area (Å²) in [6, 6.07) is 3.93. The van der Waals surface area contributed by atoms with Crippen molar-refractivity contribution >= 4 is 17.0 Å². The molecule has 0 aromatic carbocycles. The highest BCUT2D eigenvalue weighted by molar-refractivity contribution is 5.73. The molecule has 2 aromatic rings. The van der Waals surface area contributed by atoms with Crippen LogP contribution in [0.4, 0.5) is 5.82 Å². The van der Waals surface area contributed by atoms with Gasteiger partial charge in [-0.3, -0.25) is 0 Å². The summed E-state index contributed by atoms with van der Waals surface area (Å²) in [7, 11) is 1.85. The van der Waals surface area contributed by atoms with Gasteiger partial charge < -0.3 is 16.0 Å². The second-order valence-electron chi connectivity index (χ2n) is 4.59. The predicted octanol–water partition coefficient (Wildman–Crippen LogP) is 2.02. The van der Waals surface area contributed by atoms with E-state index in [9.17, 15) is 0 Å². The minimum absolute atomic E-state index is 0.0689. The Kier molecular flexibility index (Phi) is 3.52. The van der Waals surface area contributed by atoms with Crippen molar-refractivity contribution in [1.29, 1.82) is 0 Å². The maximum Gasteiger partial charge on any atom is 0.179 e. The number of hydrogen-bond acceptors (Lipinski definition) is 4. The van der Waals surface area contributed by atoms with Gasteiger partial charge in [0.05, 0.1) is 5.52 Å². The largest absolute Gasteiger partial charge is 0.373 e. The fourth-order valence-electron chi connectivity index (χ4n) is 2.25. The average Bonchev–Trinajstić information content (AvgIpc) is 2.84. The van der Waals surface area contributed by atoms with Gasteiger partial charge in [-0.05, 0) is 25.0 Å². The summed E-state index contributed by atoms with van der Waals surface area (Å²) >= 11 is 0. The van der Waals surface area contributed by atoms with Gasteiger partial charge in [-0.25, -0.2) is 9.97 Å². The van der Waals surface area contributed by atoms with E-state index in [1.807, 2.05) is 19.2 Å². The molecule has 4 N–H and O–H groups in total. The van der Waals surface area contributed by atoms with E-state index in [0.717, 1.165) is 35.6 Å². The molecule has 0 aliphatic rings. The normalized spacial score (nSPS) is 12.0.